The Hall–Kier alpha value is -1.94. The molecule has 9 heteroatoms. The SMILES string of the molecule is O=S(=O)(c1cccc(C(F)(F)F)c1)N1CCOC(c2cc3ccccc3s2)C1. The quantitative estimate of drug-likeness (QED) is 0.610. The van der Waals surface area contributed by atoms with Gasteiger partial charge in [-0.15, -0.1) is 11.3 Å². The fourth-order valence-corrected chi connectivity index (χ4v) is 5.74. The molecule has 0 aliphatic carbocycles. The van der Waals surface area contributed by atoms with Gasteiger partial charge in [-0.2, -0.15) is 17.5 Å². The van der Waals surface area contributed by atoms with Gasteiger partial charge in [-0.25, -0.2) is 8.42 Å². The molecule has 0 amide bonds. The molecule has 1 aliphatic heterocycles. The number of benzene rings is 2. The van der Waals surface area contributed by atoms with E-state index >= 15 is 0 Å². The van der Waals surface area contributed by atoms with Crippen molar-refractivity contribution in [3.8, 4) is 0 Å². The lowest BCUT2D eigenvalue weighted by atomic mass is 10.2. The first kappa shape index (κ1) is 19.4. The van der Waals surface area contributed by atoms with Gasteiger partial charge in [-0.05, 0) is 35.7 Å². The second kappa shape index (κ2) is 7.14. The lowest BCUT2D eigenvalue weighted by molar-refractivity contribution is -0.137. The van der Waals surface area contributed by atoms with E-state index in [0.717, 1.165) is 27.1 Å². The van der Waals surface area contributed by atoms with Gasteiger partial charge in [0, 0.05) is 22.7 Å². The van der Waals surface area contributed by atoms with Gasteiger partial charge < -0.3 is 4.74 Å². The molecule has 0 N–H and O–H groups in total. The van der Waals surface area contributed by atoms with Crippen LogP contribution in [-0.4, -0.2) is 32.4 Å². The average molecular weight is 427 g/mol. The number of sulfonamides is 1. The third-order valence-corrected chi connectivity index (χ3v) is 7.66. The maximum Gasteiger partial charge on any atom is 0.416 e. The second-order valence-electron chi connectivity index (χ2n) is 6.43. The van der Waals surface area contributed by atoms with Crippen LogP contribution in [0.25, 0.3) is 10.1 Å². The molecule has 1 saturated heterocycles. The summed E-state index contributed by atoms with van der Waals surface area (Å²) < 4.78 is 72.7. The molecule has 0 radical (unpaired) electrons. The first-order valence-electron chi connectivity index (χ1n) is 8.53. The van der Waals surface area contributed by atoms with Crippen LogP contribution >= 0.6 is 11.3 Å². The Balaban J connectivity index is 1.62. The first-order valence-corrected chi connectivity index (χ1v) is 10.8. The van der Waals surface area contributed by atoms with Gasteiger partial charge in [0.15, 0.2) is 0 Å². The monoisotopic (exact) mass is 427 g/mol. The zero-order valence-electron chi connectivity index (χ0n) is 14.5. The van der Waals surface area contributed by atoms with Crippen molar-refractivity contribution in [1.29, 1.82) is 0 Å². The van der Waals surface area contributed by atoms with Gasteiger partial charge in [0.2, 0.25) is 10.0 Å². The molecule has 2 aromatic carbocycles. The summed E-state index contributed by atoms with van der Waals surface area (Å²) in [5.74, 6) is 0. The molecular weight excluding hydrogens is 411 g/mol. The first-order chi connectivity index (χ1) is 13.2. The predicted molar refractivity (Wildman–Crippen MR) is 101 cm³/mol. The highest BCUT2D eigenvalue weighted by molar-refractivity contribution is 7.89. The maximum absolute atomic E-state index is 13.0. The number of morpholine rings is 1. The number of thiophene rings is 1. The summed E-state index contributed by atoms with van der Waals surface area (Å²) in [5.41, 5.74) is -0.983. The van der Waals surface area contributed by atoms with Crippen LogP contribution in [0, 0.1) is 0 Å². The number of ether oxygens (including phenoxy) is 1. The molecule has 1 fully saturated rings. The zero-order valence-corrected chi connectivity index (χ0v) is 16.2. The molecule has 148 valence electrons. The van der Waals surface area contributed by atoms with Gasteiger partial charge in [-0.3, -0.25) is 0 Å². The van der Waals surface area contributed by atoms with E-state index in [9.17, 15) is 21.6 Å². The highest BCUT2D eigenvalue weighted by Crippen LogP contribution is 2.35. The number of halogens is 3. The van der Waals surface area contributed by atoms with E-state index in [1.165, 1.54) is 21.7 Å². The highest BCUT2D eigenvalue weighted by atomic mass is 32.2. The molecule has 28 heavy (non-hydrogen) atoms. The molecule has 0 saturated carbocycles. The minimum atomic E-state index is -4.60. The van der Waals surface area contributed by atoms with Crippen molar-refractivity contribution in [2.24, 2.45) is 0 Å². The molecule has 3 aromatic rings. The fraction of sp³-hybridized carbons (Fsp3) is 0.263. The Morgan fingerprint density at radius 1 is 1.07 bits per heavy atom. The Morgan fingerprint density at radius 2 is 1.86 bits per heavy atom. The van der Waals surface area contributed by atoms with E-state index in [-0.39, 0.29) is 24.6 Å². The van der Waals surface area contributed by atoms with E-state index in [1.54, 1.807) is 0 Å². The van der Waals surface area contributed by atoms with Crippen molar-refractivity contribution in [2.45, 2.75) is 17.2 Å². The standard InChI is InChI=1S/C19H16F3NO3S2/c20-19(21,22)14-5-3-6-15(11-14)28(24,25)23-8-9-26-16(12-23)18-10-13-4-1-2-7-17(13)27-18/h1-7,10-11,16H,8-9,12H2. The minimum Gasteiger partial charge on any atom is -0.370 e. The van der Waals surface area contributed by atoms with Gasteiger partial charge in [0.25, 0.3) is 0 Å². The van der Waals surface area contributed by atoms with Gasteiger partial charge in [0.05, 0.1) is 17.1 Å². The van der Waals surface area contributed by atoms with Gasteiger partial charge >= 0.3 is 6.18 Å². The Kier molecular flexibility index (Phi) is 4.95. The summed E-state index contributed by atoms with van der Waals surface area (Å²) in [6.45, 7) is 0.336. The van der Waals surface area contributed by atoms with E-state index in [2.05, 4.69) is 0 Å². The largest absolute Gasteiger partial charge is 0.416 e. The lowest BCUT2D eigenvalue weighted by Gasteiger charge is -2.31. The zero-order chi connectivity index (χ0) is 19.9. The summed E-state index contributed by atoms with van der Waals surface area (Å²) in [5, 5.41) is 1.05. The molecule has 1 atom stereocenters. The van der Waals surface area contributed by atoms with Crippen LogP contribution in [-0.2, 0) is 20.9 Å². The van der Waals surface area contributed by atoms with Crippen LogP contribution in [0.4, 0.5) is 13.2 Å². The molecule has 1 unspecified atom stereocenters. The molecule has 4 nitrogen and oxygen atoms in total. The number of rotatable bonds is 3. The summed E-state index contributed by atoms with van der Waals surface area (Å²) in [6, 6.07) is 13.6. The fourth-order valence-electron chi connectivity index (χ4n) is 3.16. The molecule has 2 heterocycles. The highest BCUT2D eigenvalue weighted by Gasteiger charge is 2.35. The normalized spacial score (nSPS) is 19.2. The number of hydrogen-bond acceptors (Lipinski definition) is 4. The van der Waals surface area contributed by atoms with E-state index in [1.807, 2.05) is 30.3 Å². The predicted octanol–water partition coefficient (Wildman–Crippen LogP) is 4.68. The average Bonchev–Trinajstić information content (AvgIpc) is 3.12. The van der Waals surface area contributed by atoms with Crippen LogP contribution in [0.15, 0.2) is 59.5 Å². The summed E-state index contributed by atoms with van der Waals surface area (Å²) >= 11 is 1.52. The van der Waals surface area contributed by atoms with E-state index in [0.29, 0.717) is 6.07 Å². The number of hydrogen-bond donors (Lipinski definition) is 0. The van der Waals surface area contributed by atoms with Crippen LogP contribution in [0.3, 0.4) is 0 Å². The van der Waals surface area contributed by atoms with Crippen molar-refractivity contribution in [3.63, 3.8) is 0 Å². The van der Waals surface area contributed by atoms with E-state index in [4.69, 9.17) is 4.74 Å². The van der Waals surface area contributed by atoms with Crippen LogP contribution < -0.4 is 0 Å². The van der Waals surface area contributed by atoms with Crippen molar-refractivity contribution < 1.29 is 26.3 Å². The second-order valence-corrected chi connectivity index (χ2v) is 9.49. The van der Waals surface area contributed by atoms with E-state index < -0.39 is 27.9 Å². The van der Waals surface area contributed by atoms with Crippen LogP contribution in [0.1, 0.15) is 16.5 Å². The lowest BCUT2D eigenvalue weighted by Crippen LogP contribution is -2.42. The number of nitrogens with zero attached hydrogens (tertiary/aromatic N) is 1. The van der Waals surface area contributed by atoms with Crippen molar-refractivity contribution in [1.82, 2.24) is 4.31 Å². The molecule has 4 rings (SSSR count). The maximum atomic E-state index is 13.0. The topological polar surface area (TPSA) is 46.6 Å². The summed E-state index contributed by atoms with van der Waals surface area (Å²) in [6.07, 6.45) is -5.05. The Labute approximate surface area is 164 Å². The Morgan fingerprint density at radius 3 is 2.61 bits per heavy atom. The van der Waals surface area contributed by atoms with Crippen LogP contribution in [0.5, 0.6) is 0 Å². The minimum absolute atomic E-state index is 0.0609. The molecule has 0 bridgehead atoms. The summed E-state index contributed by atoms with van der Waals surface area (Å²) in [4.78, 5) is 0.532. The van der Waals surface area contributed by atoms with Gasteiger partial charge in [0.1, 0.15) is 6.10 Å². The van der Waals surface area contributed by atoms with Gasteiger partial charge in [-0.1, -0.05) is 24.3 Å². The van der Waals surface area contributed by atoms with Crippen molar-refractivity contribution >= 4 is 31.4 Å². The number of alkyl halides is 3. The van der Waals surface area contributed by atoms with Crippen molar-refractivity contribution in [2.75, 3.05) is 19.7 Å². The Bertz CT molecular complexity index is 1080. The molecule has 1 aromatic heterocycles. The smallest absolute Gasteiger partial charge is 0.370 e. The molecule has 1 aliphatic rings. The third-order valence-electron chi connectivity index (χ3n) is 4.59. The summed E-state index contributed by atoms with van der Waals surface area (Å²) in [7, 11) is -4.06. The van der Waals surface area contributed by atoms with Crippen LogP contribution in [0.2, 0.25) is 0 Å². The van der Waals surface area contributed by atoms with Crippen molar-refractivity contribution in [3.05, 3.63) is 65.0 Å². The molecule has 0 spiro atoms. The third kappa shape index (κ3) is 3.67. The number of fused-ring (bicyclic) bond motifs is 1. The molecular formula is C19H16F3NO3S2.